The zero-order valence-corrected chi connectivity index (χ0v) is 12.0. The van der Waals surface area contributed by atoms with Crippen LogP contribution in [-0.4, -0.2) is 17.9 Å². The largest absolute Gasteiger partial charge is 0.479 e. The second kappa shape index (κ2) is 5.68. The summed E-state index contributed by atoms with van der Waals surface area (Å²) in [5, 5.41) is 5.13. The van der Waals surface area contributed by atoms with Crippen LogP contribution in [-0.2, 0) is 4.79 Å². The molecule has 0 saturated carbocycles. The molecule has 2 aromatic carbocycles. The molecule has 1 aliphatic heterocycles. The second-order valence-corrected chi connectivity index (χ2v) is 5.04. The van der Waals surface area contributed by atoms with Gasteiger partial charge in [0.1, 0.15) is 17.4 Å². The van der Waals surface area contributed by atoms with Gasteiger partial charge in [0.15, 0.2) is 6.10 Å². The lowest BCUT2D eigenvalue weighted by atomic mass is 10.1. The molecule has 2 amide bonds. The van der Waals surface area contributed by atoms with Crippen LogP contribution in [0.4, 0.5) is 20.2 Å². The predicted molar refractivity (Wildman–Crippen MR) is 79.5 cm³/mol. The van der Waals surface area contributed by atoms with Gasteiger partial charge in [-0.05, 0) is 37.3 Å². The molecule has 1 unspecified atom stereocenters. The van der Waals surface area contributed by atoms with E-state index in [2.05, 4.69) is 10.6 Å². The first-order valence-electron chi connectivity index (χ1n) is 6.82. The molecule has 23 heavy (non-hydrogen) atoms. The second-order valence-electron chi connectivity index (χ2n) is 5.04. The van der Waals surface area contributed by atoms with Crippen LogP contribution in [0.15, 0.2) is 36.4 Å². The first-order valence-corrected chi connectivity index (χ1v) is 6.82. The first-order chi connectivity index (χ1) is 10.9. The van der Waals surface area contributed by atoms with Gasteiger partial charge in [0.05, 0.1) is 11.3 Å². The van der Waals surface area contributed by atoms with Gasteiger partial charge < -0.3 is 15.4 Å². The van der Waals surface area contributed by atoms with E-state index in [0.717, 1.165) is 12.1 Å². The summed E-state index contributed by atoms with van der Waals surface area (Å²) in [4.78, 5) is 23.6. The fraction of sp³-hybridized carbons (Fsp3) is 0.125. The lowest BCUT2D eigenvalue weighted by Crippen LogP contribution is -2.34. The molecule has 0 aliphatic carbocycles. The smallest absolute Gasteiger partial charge is 0.265 e. The lowest BCUT2D eigenvalue weighted by molar-refractivity contribution is -0.122. The third-order valence-corrected chi connectivity index (χ3v) is 3.34. The van der Waals surface area contributed by atoms with Crippen LogP contribution < -0.4 is 15.4 Å². The van der Waals surface area contributed by atoms with E-state index < -0.39 is 23.6 Å². The summed E-state index contributed by atoms with van der Waals surface area (Å²) in [5.41, 5.74) is 0.472. The maximum Gasteiger partial charge on any atom is 0.265 e. The van der Waals surface area contributed by atoms with Crippen LogP contribution in [0.1, 0.15) is 17.3 Å². The van der Waals surface area contributed by atoms with Crippen molar-refractivity contribution < 1.29 is 23.1 Å². The highest BCUT2D eigenvalue weighted by Crippen LogP contribution is 2.32. The number of hydrogen-bond acceptors (Lipinski definition) is 3. The molecule has 2 aromatic rings. The Labute approximate surface area is 130 Å². The van der Waals surface area contributed by atoms with E-state index in [1.54, 1.807) is 19.1 Å². The summed E-state index contributed by atoms with van der Waals surface area (Å²) in [6.45, 7) is 1.62. The van der Waals surface area contributed by atoms with Gasteiger partial charge in [0.25, 0.3) is 11.8 Å². The number of hydrogen-bond donors (Lipinski definition) is 2. The normalized spacial score (nSPS) is 16.1. The monoisotopic (exact) mass is 318 g/mol. The quantitative estimate of drug-likeness (QED) is 0.894. The summed E-state index contributed by atoms with van der Waals surface area (Å²) in [6, 6.07) is 7.34. The summed E-state index contributed by atoms with van der Waals surface area (Å²) < 4.78 is 31.9. The molecular weight excluding hydrogens is 306 g/mol. The van der Waals surface area contributed by atoms with E-state index in [9.17, 15) is 18.4 Å². The molecule has 5 nitrogen and oxygen atoms in total. The molecule has 0 aromatic heterocycles. The van der Waals surface area contributed by atoms with Crippen LogP contribution in [0, 0.1) is 11.6 Å². The Balaban J connectivity index is 1.82. The van der Waals surface area contributed by atoms with Crippen molar-refractivity contribution in [2.75, 3.05) is 10.6 Å². The number of halogens is 2. The number of ether oxygens (including phenoxy) is 1. The lowest BCUT2D eigenvalue weighted by Gasteiger charge is -2.23. The summed E-state index contributed by atoms with van der Waals surface area (Å²) in [6.07, 6.45) is -0.601. The minimum Gasteiger partial charge on any atom is -0.479 e. The molecule has 1 atom stereocenters. The van der Waals surface area contributed by atoms with Crippen molar-refractivity contribution in [2.45, 2.75) is 13.0 Å². The topological polar surface area (TPSA) is 67.4 Å². The van der Waals surface area contributed by atoms with Gasteiger partial charge in [-0.2, -0.15) is 0 Å². The predicted octanol–water partition coefficient (Wildman–Crippen LogP) is 2.94. The van der Waals surface area contributed by atoms with E-state index in [1.807, 2.05) is 0 Å². The summed E-state index contributed by atoms with van der Waals surface area (Å²) in [7, 11) is 0. The van der Waals surface area contributed by atoms with Crippen molar-refractivity contribution in [3.8, 4) is 5.75 Å². The number of rotatable bonds is 2. The van der Waals surface area contributed by atoms with E-state index in [-0.39, 0.29) is 11.5 Å². The minimum absolute atomic E-state index is 0.280. The zero-order chi connectivity index (χ0) is 16.6. The first kappa shape index (κ1) is 15.0. The molecule has 0 saturated heterocycles. The van der Waals surface area contributed by atoms with Gasteiger partial charge in [0, 0.05) is 11.8 Å². The van der Waals surface area contributed by atoms with Crippen LogP contribution in [0.5, 0.6) is 5.75 Å². The molecule has 1 aliphatic rings. The summed E-state index contributed by atoms with van der Waals surface area (Å²) >= 11 is 0. The van der Waals surface area contributed by atoms with Crippen molar-refractivity contribution in [2.24, 2.45) is 0 Å². The maximum absolute atomic E-state index is 13.6. The third kappa shape index (κ3) is 2.98. The number of nitrogens with one attached hydrogen (secondary N) is 2. The average Bonchev–Trinajstić information content (AvgIpc) is 2.48. The van der Waals surface area contributed by atoms with Gasteiger partial charge in [0.2, 0.25) is 0 Å². The number of benzene rings is 2. The average molecular weight is 318 g/mol. The molecular formula is C16H12F2N2O3. The highest BCUT2D eigenvalue weighted by molar-refractivity contribution is 6.05. The number of carbonyl (C=O) groups excluding carboxylic acids is 2. The van der Waals surface area contributed by atoms with Crippen molar-refractivity contribution >= 4 is 23.2 Å². The van der Waals surface area contributed by atoms with Gasteiger partial charge in [-0.3, -0.25) is 9.59 Å². The fourth-order valence-corrected chi connectivity index (χ4v) is 2.16. The Morgan fingerprint density at radius 1 is 1.22 bits per heavy atom. The molecule has 2 N–H and O–H groups in total. The van der Waals surface area contributed by atoms with Crippen molar-refractivity contribution in [3.05, 3.63) is 53.6 Å². The highest BCUT2D eigenvalue weighted by Gasteiger charge is 2.23. The molecule has 0 fully saturated rings. The van der Waals surface area contributed by atoms with Crippen LogP contribution in [0.3, 0.4) is 0 Å². The van der Waals surface area contributed by atoms with Crippen molar-refractivity contribution in [3.63, 3.8) is 0 Å². The fourth-order valence-electron chi connectivity index (χ4n) is 2.16. The number of carbonyl (C=O) groups is 2. The Hall–Kier alpha value is -2.96. The standard InChI is InChI=1S/C16H12F2N2O3/c1-8-15(21)20-13-7-10(3-5-14(13)23-8)19-16(22)11-4-2-9(17)6-12(11)18/h2-8H,1H3,(H,19,22)(H,20,21). The Morgan fingerprint density at radius 3 is 2.74 bits per heavy atom. The van der Waals surface area contributed by atoms with Crippen molar-refractivity contribution in [1.82, 2.24) is 0 Å². The van der Waals surface area contributed by atoms with Crippen LogP contribution >= 0.6 is 0 Å². The minimum atomic E-state index is -0.953. The molecule has 3 rings (SSSR count). The van der Waals surface area contributed by atoms with E-state index in [0.29, 0.717) is 23.2 Å². The van der Waals surface area contributed by atoms with Gasteiger partial charge in [-0.15, -0.1) is 0 Å². The van der Waals surface area contributed by atoms with Gasteiger partial charge >= 0.3 is 0 Å². The maximum atomic E-state index is 13.6. The number of amides is 2. The highest BCUT2D eigenvalue weighted by atomic mass is 19.1. The molecule has 1 heterocycles. The van der Waals surface area contributed by atoms with Crippen molar-refractivity contribution in [1.29, 1.82) is 0 Å². The molecule has 0 spiro atoms. The molecule has 0 radical (unpaired) electrons. The number of anilines is 2. The molecule has 118 valence electrons. The van der Waals surface area contributed by atoms with Crippen LogP contribution in [0.2, 0.25) is 0 Å². The molecule has 7 heteroatoms. The van der Waals surface area contributed by atoms with E-state index in [4.69, 9.17) is 4.74 Å². The van der Waals surface area contributed by atoms with E-state index in [1.165, 1.54) is 6.07 Å². The molecule has 0 bridgehead atoms. The van der Waals surface area contributed by atoms with Gasteiger partial charge in [-0.1, -0.05) is 0 Å². The summed E-state index contributed by atoms with van der Waals surface area (Å²) in [5.74, 6) is -2.26. The Morgan fingerprint density at radius 2 is 2.00 bits per heavy atom. The Bertz CT molecular complexity index is 808. The zero-order valence-electron chi connectivity index (χ0n) is 12.0. The third-order valence-electron chi connectivity index (χ3n) is 3.34. The van der Waals surface area contributed by atoms with E-state index >= 15 is 0 Å². The van der Waals surface area contributed by atoms with Gasteiger partial charge in [-0.25, -0.2) is 8.78 Å². The SMILES string of the molecule is CC1Oc2ccc(NC(=O)c3ccc(F)cc3F)cc2NC1=O. The Kier molecular flexibility index (Phi) is 3.69. The number of fused-ring (bicyclic) bond motifs is 1. The van der Waals surface area contributed by atoms with Crippen LogP contribution in [0.25, 0.3) is 0 Å².